The predicted molar refractivity (Wildman–Crippen MR) is 392 cm³/mol. The molecule has 3 fully saturated rings. The Morgan fingerprint density at radius 3 is 1.31 bits per heavy atom. The van der Waals surface area contributed by atoms with Gasteiger partial charge in [-0.2, -0.15) is 0 Å². The number of hydrogen-bond donors (Lipinski definition) is 0. The SMILES string of the molecule is CC(C)CCCC(C)CCCC(C)CCCC(C)CCOCC(CO[C@@H]1OC(COC(=O)c2ccccc2)[C@@H](O[C@@H]2OC3COC(c4ccccc4)O[C@@H]3[C@H](C)C2OC(=O)c2ccccc2)[C@H](C)C1OC(=O)c1ccccc1)OCCC(C)CCCC(C)CCCC(C)CCCC(C)C. The zero-order valence-electron chi connectivity index (χ0n) is 62.7. The van der Waals surface area contributed by atoms with Crippen molar-refractivity contribution in [3.63, 3.8) is 0 Å². The normalized spacial score (nSPS) is 24.6. The first-order valence-corrected chi connectivity index (χ1v) is 38.6. The molecule has 0 spiro atoms. The van der Waals surface area contributed by atoms with Crippen LogP contribution >= 0.6 is 0 Å². The van der Waals surface area contributed by atoms with E-state index in [1.54, 1.807) is 72.8 Å². The Morgan fingerprint density at radius 2 is 0.848 bits per heavy atom. The molecule has 14 heteroatoms. The minimum Gasteiger partial charge on any atom is -0.459 e. The lowest BCUT2D eigenvalue weighted by atomic mass is 9.88. The summed E-state index contributed by atoms with van der Waals surface area (Å²) in [5.74, 6) is 2.62. The molecule has 4 aromatic rings. The molecule has 0 aromatic heterocycles. The molecular weight excluding hydrogens is 1240 g/mol. The average molecular weight is 1370 g/mol. The second-order valence-electron chi connectivity index (χ2n) is 31.0. The molecule has 99 heavy (non-hydrogen) atoms. The van der Waals surface area contributed by atoms with E-state index in [9.17, 15) is 14.4 Å². The molecular formula is C85H128O14. The van der Waals surface area contributed by atoms with Crippen LogP contribution in [0.3, 0.4) is 0 Å². The summed E-state index contributed by atoms with van der Waals surface area (Å²) in [6.45, 7) is 28.8. The summed E-state index contributed by atoms with van der Waals surface area (Å²) >= 11 is 0. The standard InChI is InChI=1S/C85H128O14/c1-59(2)31-25-33-61(5)35-27-37-63(7)39-29-41-65(9)51-53-89-55-73(90-54-52-66(10)42-30-40-64(8)38-28-36-62(6)34-26-32-60(3)4)56-92-84-78(96-81(87)70-45-19-14-20-46-70)67(11)77(74(94-84)57-91-80(86)69-43-17-13-18-44-69)99-85-79(97-82(88)71-47-21-15-22-48-71)68(12)76-75(95-85)58-93-83(98-76)72-49-23-16-24-50-72/h13-24,43-50,59-68,73-79,83-85H,25-42,51-58H2,1-12H3/t61?,62?,63?,64?,65?,66?,67-,68-,73?,74?,75?,76+,77-,78?,79?,83?,84+,85-/m0/s1. The molecule has 0 amide bonds. The van der Waals surface area contributed by atoms with E-state index < -0.39 is 91.3 Å². The summed E-state index contributed by atoms with van der Waals surface area (Å²) in [6.07, 6.45) is 15.9. The van der Waals surface area contributed by atoms with E-state index >= 15 is 0 Å². The van der Waals surface area contributed by atoms with Gasteiger partial charge in [-0.1, -0.05) is 284 Å². The van der Waals surface area contributed by atoms with Crippen LogP contribution in [0.1, 0.15) is 254 Å². The smallest absolute Gasteiger partial charge is 0.338 e. The minimum absolute atomic E-state index is 0.0407. The van der Waals surface area contributed by atoms with Gasteiger partial charge in [-0.3, -0.25) is 0 Å². The van der Waals surface area contributed by atoms with Crippen molar-refractivity contribution >= 4 is 17.9 Å². The van der Waals surface area contributed by atoms with Crippen LogP contribution in [0.25, 0.3) is 0 Å². The third-order valence-corrected chi connectivity index (χ3v) is 20.9. The highest BCUT2D eigenvalue weighted by Crippen LogP contribution is 2.42. The summed E-state index contributed by atoms with van der Waals surface area (Å²) in [5, 5.41) is 0. The Kier molecular flexibility index (Phi) is 36.5. The first-order valence-electron chi connectivity index (χ1n) is 38.6. The van der Waals surface area contributed by atoms with E-state index in [1.165, 1.54) is 103 Å². The molecule has 12 unspecified atom stereocenters. The van der Waals surface area contributed by atoms with Crippen molar-refractivity contribution in [1.82, 2.24) is 0 Å². The lowest BCUT2D eigenvalue weighted by Crippen LogP contribution is -2.63. The van der Waals surface area contributed by atoms with Crippen LogP contribution in [0.2, 0.25) is 0 Å². The first kappa shape index (κ1) is 81.3. The number of rotatable bonds is 46. The third-order valence-electron chi connectivity index (χ3n) is 20.9. The van der Waals surface area contributed by atoms with Crippen molar-refractivity contribution in [2.75, 3.05) is 39.6 Å². The molecule has 0 radical (unpaired) electrons. The largest absolute Gasteiger partial charge is 0.459 e. The summed E-state index contributed by atoms with van der Waals surface area (Å²) in [7, 11) is 0. The fourth-order valence-corrected chi connectivity index (χ4v) is 14.3. The molecule has 18 atom stereocenters. The Hall–Kier alpha value is -5.03. The second-order valence-corrected chi connectivity index (χ2v) is 31.0. The summed E-state index contributed by atoms with van der Waals surface area (Å²) in [5.41, 5.74) is 1.87. The first-order chi connectivity index (χ1) is 47.8. The Morgan fingerprint density at radius 1 is 0.434 bits per heavy atom. The molecule has 0 N–H and O–H groups in total. The van der Waals surface area contributed by atoms with E-state index in [4.69, 9.17) is 52.1 Å². The number of carbonyl (C=O) groups excluding carboxylic acids is 3. The van der Waals surface area contributed by atoms with Gasteiger partial charge in [-0.05, 0) is 96.6 Å². The predicted octanol–water partition coefficient (Wildman–Crippen LogP) is 19.9. The zero-order chi connectivity index (χ0) is 70.9. The van der Waals surface area contributed by atoms with Gasteiger partial charge in [-0.15, -0.1) is 0 Å². The maximum Gasteiger partial charge on any atom is 0.338 e. The quantitative estimate of drug-likeness (QED) is 0.0234. The molecule has 7 rings (SSSR count). The Labute approximate surface area is 597 Å². The number of hydrogen-bond acceptors (Lipinski definition) is 14. The monoisotopic (exact) mass is 1370 g/mol. The minimum atomic E-state index is -1.23. The molecule has 0 saturated carbocycles. The molecule has 0 aliphatic carbocycles. The van der Waals surface area contributed by atoms with Crippen molar-refractivity contribution in [3.8, 4) is 0 Å². The summed E-state index contributed by atoms with van der Waals surface area (Å²) in [6, 6.07) is 36.0. The third kappa shape index (κ3) is 29.0. The molecule has 14 nitrogen and oxygen atoms in total. The average Bonchev–Trinajstić information content (AvgIpc) is 0.766. The molecule has 3 heterocycles. The molecule has 3 aliphatic rings. The zero-order valence-corrected chi connectivity index (χ0v) is 62.7. The second kappa shape index (κ2) is 44.5. The summed E-state index contributed by atoms with van der Waals surface area (Å²) in [4.78, 5) is 42.5. The highest BCUT2D eigenvalue weighted by Gasteiger charge is 2.54. The van der Waals surface area contributed by atoms with Gasteiger partial charge < -0.3 is 52.1 Å². The molecule has 3 aliphatic heterocycles. The van der Waals surface area contributed by atoms with E-state index in [0.29, 0.717) is 47.7 Å². The lowest BCUT2D eigenvalue weighted by molar-refractivity contribution is -0.375. The number of esters is 3. The van der Waals surface area contributed by atoms with Crippen molar-refractivity contribution in [2.45, 2.75) is 273 Å². The maximum absolute atomic E-state index is 14.4. The van der Waals surface area contributed by atoms with Gasteiger partial charge in [0.05, 0.1) is 48.7 Å². The molecule has 0 bridgehead atoms. The van der Waals surface area contributed by atoms with Gasteiger partial charge in [0.25, 0.3) is 0 Å². The van der Waals surface area contributed by atoms with Crippen molar-refractivity contribution in [1.29, 1.82) is 0 Å². The van der Waals surface area contributed by atoms with Gasteiger partial charge in [0.1, 0.15) is 24.9 Å². The van der Waals surface area contributed by atoms with E-state index in [0.717, 1.165) is 60.8 Å². The van der Waals surface area contributed by atoms with Crippen LogP contribution in [0.4, 0.5) is 0 Å². The van der Waals surface area contributed by atoms with E-state index in [1.807, 2.05) is 62.4 Å². The highest BCUT2D eigenvalue weighted by molar-refractivity contribution is 5.90. The van der Waals surface area contributed by atoms with Crippen molar-refractivity contribution in [3.05, 3.63) is 144 Å². The molecule has 3 saturated heterocycles. The van der Waals surface area contributed by atoms with Crippen molar-refractivity contribution < 1.29 is 66.5 Å². The molecule has 552 valence electrons. The van der Waals surface area contributed by atoms with Crippen LogP contribution < -0.4 is 0 Å². The lowest BCUT2D eigenvalue weighted by Gasteiger charge is -2.50. The van der Waals surface area contributed by atoms with Gasteiger partial charge in [-0.25, -0.2) is 14.4 Å². The number of fused-ring (bicyclic) bond motifs is 1. The van der Waals surface area contributed by atoms with Gasteiger partial charge in [0.2, 0.25) is 0 Å². The topological polar surface area (TPSA) is 153 Å². The summed E-state index contributed by atoms with van der Waals surface area (Å²) < 4.78 is 73.3. The van der Waals surface area contributed by atoms with Gasteiger partial charge in [0, 0.05) is 30.6 Å². The highest BCUT2D eigenvalue weighted by atomic mass is 16.8. The number of ether oxygens (including phenoxy) is 11. The van der Waals surface area contributed by atoms with Crippen LogP contribution in [-0.2, 0) is 52.1 Å². The Bertz CT molecular complexity index is 2800. The maximum atomic E-state index is 14.4. The fourth-order valence-electron chi connectivity index (χ4n) is 14.3. The van der Waals surface area contributed by atoms with Crippen LogP contribution in [0.15, 0.2) is 121 Å². The fraction of sp³-hybridized carbons (Fsp3) is 0.682. The number of carbonyl (C=O) groups is 3. The van der Waals surface area contributed by atoms with Crippen molar-refractivity contribution in [2.24, 2.45) is 59.2 Å². The van der Waals surface area contributed by atoms with Crippen LogP contribution in [-0.4, -0.2) is 113 Å². The van der Waals surface area contributed by atoms with E-state index in [2.05, 4.69) is 69.2 Å². The van der Waals surface area contributed by atoms with Crippen LogP contribution in [0, 0.1) is 59.2 Å². The van der Waals surface area contributed by atoms with Gasteiger partial charge in [0.15, 0.2) is 31.1 Å². The molecule has 4 aromatic carbocycles. The van der Waals surface area contributed by atoms with E-state index in [-0.39, 0.29) is 26.4 Å². The number of benzene rings is 4. The van der Waals surface area contributed by atoms with Crippen LogP contribution in [0.5, 0.6) is 0 Å². The Balaban J connectivity index is 1.06. The van der Waals surface area contributed by atoms with Gasteiger partial charge >= 0.3 is 17.9 Å².